The molecular formula is C33H44O. The van der Waals surface area contributed by atoms with Gasteiger partial charge in [-0.1, -0.05) is 109 Å². The largest absolute Gasteiger partial charge is 0.494 e. The molecule has 2 rings (SSSR count). The van der Waals surface area contributed by atoms with E-state index in [1.54, 1.807) is 0 Å². The average molecular weight is 457 g/mol. The molecule has 1 atom stereocenters. The summed E-state index contributed by atoms with van der Waals surface area (Å²) in [7, 11) is 0. The Morgan fingerprint density at radius 1 is 0.647 bits per heavy atom. The number of ether oxygens (including phenoxy) is 1. The second-order valence-corrected chi connectivity index (χ2v) is 9.47. The van der Waals surface area contributed by atoms with Crippen molar-refractivity contribution in [3.8, 4) is 29.4 Å². The lowest BCUT2D eigenvalue weighted by Crippen LogP contribution is -1.97. The lowest BCUT2D eigenvalue weighted by molar-refractivity contribution is 0.304. The van der Waals surface area contributed by atoms with Crippen molar-refractivity contribution in [2.45, 2.75) is 97.8 Å². The lowest BCUT2D eigenvalue weighted by Gasteiger charge is -2.07. The van der Waals surface area contributed by atoms with Gasteiger partial charge in [0.15, 0.2) is 0 Å². The molecule has 0 amide bonds. The van der Waals surface area contributed by atoms with Crippen LogP contribution in [0.4, 0.5) is 0 Å². The van der Waals surface area contributed by atoms with E-state index in [1.165, 1.54) is 69.8 Å². The highest BCUT2D eigenvalue weighted by Crippen LogP contribution is 2.14. The first kappa shape index (κ1) is 27.6. The zero-order chi connectivity index (χ0) is 24.3. The summed E-state index contributed by atoms with van der Waals surface area (Å²) in [5.74, 6) is 13.8. The predicted molar refractivity (Wildman–Crippen MR) is 147 cm³/mol. The summed E-state index contributed by atoms with van der Waals surface area (Å²) in [6.45, 7) is 7.60. The molecular weight excluding hydrogens is 412 g/mol. The Morgan fingerprint density at radius 3 is 1.68 bits per heavy atom. The number of benzene rings is 2. The van der Waals surface area contributed by atoms with Gasteiger partial charge in [-0.2, -0.15) is 0 Å². The zero-order valence-corrected chi connectivity index (χ0v) is 21.8. The van der Waals surface area contributed by atoms with Gasteiger partial charge in [0.05, 0.1) is 6.61 Å². The Morgan fingerprint density at radius 2 is 1.15 bits per heavy atom. The predicted octanol–water partition coefficient (Wildman–Crippen LogP) is 8.98. The molecule has 0 heterocycles. The molecule has 0 bridgehead atoms. The van der Waals surface area contributed by atoms with Crippen LogP contribution in [-0.4, -0.2) is 6.61 Å². The Bertz CT molecular complexity index is 899. The molecule has 0 fully saturated rings. The third-order valence-electron chi connectivity index (χ3n) is 6.33. The summed E-state index contributed by atoms with van der Waals surface area (Å²) >= 11 is 0. The van der Waals surface area contributed by atoms with Gasteiger partial charge in [0.25, 0.3) is 0 Å². The summed E-state index contributed by atoms with van der Waals surface area (Å²) < 4.78 is 5.88. The Balaban J connectivity index is 1.62. The topological polar surface area (TPSA) is 9.23 Å². The van der Waals surface area contributed by atoms with Crippen LogP contribution in [0.1, 0.15) is 108 Å². The molecule has 182 valence electrons. The van der Waals surface area contributed by atoms with Crippen LogP contribution in [0.15, 0.2) is 48.5 Å². The summed E-state index contributed by atoms with van der Waals surface area (Å²) in [4.78, 5) is 0. The molecule has 2 aromatic carbocycles. The smallest absolute Gasteiger partial charge is 0.119 e. The van der Waals surface area contributed by atoms with Gasteiger partial charge in [-0.3, -0.25) is 0 Å². The molecule has 1 unspecified atom stereocenters. The van der Waals surface area contributed by atoms with E-state index >= 15 is 0 Å². The third kappa shape index (κ3) is 12.6. The van der Waals surface area contributed by atoms with Crippen molar-refractivity contribution in [1.82, 2.24) is 0 Å². The molecule has 0 saturated heterocycles. The summed E-state index contributed by atoms with van der Waals surface area (Å²) in [6.07, 6.45) is 15.8. The highest BCUT2D eigenvalue weighted by Gasteiger charge is 2.00. The highest BCUT2D eigenvalue weighted by molar-refractivity contribution is 5.45. The molecule has 1 nitrogen and oxygen atoms in total. The van der Waals surface area contributed by atoms with E-state index < -0.39 is 0 Å². The van der Waals surface area contributed by atoms with Crippen LogP contribution in [0, 0.1) is 29.6 Å². The van der Waals surface area contributed by atoms with Crippen molar-refractivity contribution in [1.29, 1.82) is 0 Å². The third-order valence-corrected chi connectivity index (χ3v) is 6.33. The minimum Gasteiger partial charge on any atom is -0.494 e. The Kier molecular flexibility index (Phi) is 14.4. The second kappa shape index (κ2) is 17.8. The number of hydrogen-bond donors (Lipinski definition) is 0. The van der Waals surface area contributed by atoms with Gasteiger partial charge in [-0.15, -0.1) is 0 Å². The van der Waals surface area contributed by atoms with Crippen molar-refractivity contribution in [2.24, 2.45) is 5.92 Å². The summed E-state index contributed by atoms with van der Waals surface area (Å²) in [6, 6.07) is 16.6. The lowest BCUT2D eigenvalue weighted by atomic mass is 9.98. The van der Waals surface area contributed by atoms with Crippen LogP contribution >= 0.6 is 0 Å². The van der Waals surface area contributed by atoms with E-state index in [-0.39, 0.29) is 0 Å². The Labute approximate surface area is 209 Å². The first-order valence-electron chi connectivity index (χ1n) is 13.5. The van der Waals surface area contributed by atoms with Gasteiger partial charge >= 0.3 is 0 Å². The van der Waals surface area contributed by atoms with Crippen molar-refractivity contribution in [2.75, 3.05) is 6.61 Å². The number of rotatable bonds is 15. The second-order valence-electron chi connectivity index (χ2n) is 9.47. The van der Waals surface area contributed by atoms with Crippen molar-refractivity contribution >= 4 is 0 Å². The maximum atomic E-state index is 5.88. The normalized spacial score (nSPS) is 11.1. The maximum absolute atomic E-state index is 5.88. The maximum Gasteiger partial charge on any atom is 0.119 e. The van der Waals surface area contributed by atoms with Gasteiger partial charge in [0.1, 0.15) is 5.75 Å². The standard InChI is InChI=1S/C33H44O/c1-4-6-7-8-9-10-11-12-13-16-27-34-33-25-23-31(24-26-33)18-15-14-17-30-19-21-32(22-20-30)28-29(3)5-2/h19-26,29H,4-13,16,27-28H2,1-3H3. The van der Waals surface area contributed by atoms with Gasteiger partial charge in [0.2, 0.25) is 0 Å². The summed E-state index contributed by atoms with van der Waals surface area (Å²) in [5.41, 5.74) is 3.35. The fraction of sp³-hybridized carbons (Fsp3) is 0.515. The molecule has 0 aliphatic heterocycles. The average Bonchev–Trinajstić information content (AvgIpc) is 2.87. The highest BCUT2D eigenvalue weighted by atomic mass is 16.5. The van der Waals surface area contributed by atoms with Gasteiger partial charge < -0.3 is 4.74 Å². The fourth-order valence-corrected chi connectivity index (χ4v) is 3.89. The summed E-state index contributed by atoms with van der Waals surface area (Å²) in [5, 5.41) is 0. The van der Waals surface area contributed by atoms with E-state index in [1.807, 2.05) is 24.3 Å². The quantitative estimate of drug-likeness (QED) is 0.192. The number of hydrogen-bond acceptors (Lipinski definition) is 1. The van der Waals surface area contributed by atoms with Crippen molar-refractivity contribution < 1.29 is 4.74 Å². The molecule has 2 aromatic rings. The van der Waals surface area contributed by atoms with Crippen LogP contribution in [0.5, 0.6) is 5.75 Å². The van der Waals surface area contributed by atoms with Crippen LogP contribution in [0.25, 0.3) is 0 Å². The first-order valence-corrected chi connectivity index (χ1v) is 13.5. The van der Waals surface area contributed by atoms with Gasteiger partial charge in [-0.25, -0.2) is 0 Å². The van der Waals surface area contributed by atoms with E-state index in [0.717, 1.165) is 42.2 Å². The van der Waals surface area contributed by atoms with E-state index in [4.69, 9.17) is 4.74 Å². The molecule has 0 aromatic heterocycles. The number of unbranched alkanes of at least 4 members (excludes halogenated alkanes) is 9. The van der Waals surface area contributed by atoms with Gasteiger partial charge in [0, 0.05) is 11.1 Å². The van der Waals surface area contributed by atoms with Gasteiger partial charge in [-0.05, 0) is 72.6 Å². The van der Waals surface area contributed by atoms with Crippen LogP contribution in [0.2, 0.25) is 0 Å². The van der Waals surface area contributed by atoms with E-state index in [0.29, 0.717) is 0 Å². The molecule has 0 aliphatic rings. The van der Waals surface area contributed by atoms with E-state index in [2.05, 4.69) is 68.7 Å². The molecule has 0 N–H and O–H groups in total. The zero-order valence-electron chi connectivity index (χ0n) is 21.8. The van der Waals surface area contributed by atoms with Crippen LogP contribution in [0.3, 0.4) is 0 Å². The Hall–Kier alpha value is -2.64. The van der Waals surface area contributed by atoms with E-state index in [9.17, 15) is 0 Å². The molecule has 0 spiro atoms. The molecule has 34 heavy (non-hydrogen) atoms. The fourth-order valence-electron chi connectivity index (χ4n) is 3.89. The SMILES string of the molecule is CCCCCCCCCCCCOc1ccc(C#CC#Cc2ccc(CC(C)CC)cc2)cc1. The molecule has 0 saturated carbocycles. The van der Waals surface area contributed by atoms with Crippen molar-refractivity contribution in [3.63, 3.8) is 0 Å². The first-order chi connectivity index (χ1) is 16.7. The molecule has 0 aliphatic carbocycles. The monoisotopic (exact) mass is 456 g/mol. The molecule has 1 heteroatoms. The minimum absolute atomic E-state index is 0.722. The van der Waals surface area contributed by atoms with Crippen molar-refractivity contribution in [3.05, 3.63) is 65.2 Å². The molecule has 0 radical (unpaired) electrons. The minimum atomic E-state index is 0.722. The van der Waals surface area contributed by atoms with Crippen LogP contribution < -0.4 is 4.74 Å². The van der Waals surface area contributed by atoms with Crippen LogP contribution in [-0.2, 0) is 6.42 Å².